The highest BCUT2D eigenvalue weighted by Gasteiger charge is 2.22. The van der Waals surface area contributed by atoms with Gasteiger partial charge in [0.2, 0.25) is 0 Å². The van der Waals surface area contributed by atoms with E-state index >= 15 is 0 Å². The Bertz CT molecular complexity index is 1300. The first-order chi connectivity index (χ1) is 14.0. The van der Waals surface area contributed by atoms with E-state index in [-0.39, 0.29) is 34.8 Å². The lowest BCUT2D eigenvalue weighted by Gasteiger charge is -2.16. The molecule has 5 heteroatoms. The summed E-state index contributed by atoms with van der Waals surface area (Å²) >= 11 is 0. The highest BCUT2D eigenvalue weighted by molar-refractivity contribution is 6.04. The van der Waals surface area contributed by atoms with E-state index in [1.165, 1.54) is 9.30 Å². The minimum atomic E-state index is -0.345. The fourth-order valence-corrected chi connectivity index (χ4v) is 3.54. The molecule has 144 valence electrons. The maximum atomic E-state index is 13.3. The largest absolute Gasteiger partial charge is 0.345 e. The Morgan fingerprint density at radius 2 is 1.62 bits per heavy atom. The fourth-order valence-electron chi connectivity index (χ4n) is 3.54. The van der Waals surface area contributed by atoms with Crippen LogP contribution in [0, 0.1) is 0 Å². The maximum absolute atomic E-state index is 13.3. The van der Waals surface area contributed by atoms with Crippen LogP contribution in [0.1, 0.15) is 26.3 Å². The molecule has 2 heterocycles. The number of ketones is 1. The van der Waals surface area contributed by atoms with Crippen molar-refractivity contribution in [1.82, 2.24) is 9.30 Å². The van der Waals surface area contributed by atoms with Gasteiger partial charge in [0, 0.05) is 43.2 Å². The summed E-state index contributed by atoms with van der Waals surface area (Å²) in [4.78, 5) is 40.4. The molecule has 4 aromatic rings. The van der Waals surface area contributed by atoms with E-state index in [9.17, 15) is 14.4 Å². The highest BCUT2D eigenvalue weighted by Crippen LogP contribution is 2.22. The van der Waals surface area contributed by atoms with Crippen LogP contribution in [-0.2, 0) is 6.42 Å². The Morgan fingerprint density at radius 3 is 2.34 bits per heavy atom. The second kappa shape index (κ2) is 7.36. The highest BCUT2D eigenvalue weighted by atomic mass is 16.2. The molecule has 29 heavy (non-hydrogen) atoms. The third kappa shape index (κ3) is 3.31. The Morgan fingerprint density at radius 1 is 0.931 bits per heavy atom. The van der Waals surface area contributed by atoms with Crippen molar-refractivity contribution in [2.24, 2.45) is 0 Å². The molecule has 0 saturated heterocycles. The molecule has 5 nitrogen and oxygen atoms in total. The number of nitrogens with zero attached hydrogens (tertiary/aromatic N) is 2. The van der Waals surface area contributed by atoms with Gasteiger partial charge in [0.15, 0.2) is 5.78 Å². The maximum Gasteiger partial charge on any atom is 0.259 e. The molecule has 4 rings (SSSR count). The number of pyridine rings is 2. The summed E-state index contributed by atoms with van der Waals surface area (Å²) in [6, 6.07) is 20.1. The minimum Gasteiger partial charge on any atom is -0.345 e. The molecule has 0 fully saturated rings. The van der Waals surface area contributed by atoms with E-state index in [0.717, 1.165) is 10.8 Å². The first-order valence-corrected chi connectivity index (χ1v) is 9.33. The SMILES string of the molecule is CN(C)C(=O)c1cc2c3ccccc3ccn2c(=O)c1CC(=O)c1ccccc1. The second-order valence-corrected chi connectivity index (χ2v) is 7.17. The van der Waals surface area contributed by atoms with Crippen molar-refractivity contribution in [2.45, 2.75) is 6.42 Å². The van der Waals surface area contributed by atoms with Crippen LogP contribution in [0.15, 0.2) is 77.7 Å². The van der Waals surface area contributed by atoms with Crippen molar-refractivity contribution in [2.75, 3.05) is 14.1 Å². The Hall–Kier alpha value is -3.73. The third-order valence-electron chi connectivity index (χ3n) is 5.05. The molecule has 2 aromatic heterocycles. The first-order valence-electron chi connectivity index (χ1n) is 9.33. The van der Waals surface area contributed by atoms with Crippen LogP contribution < -0.4 is 5.56 Å². The van der Waals surface area contributed by atoms with Crippen molar-refractivity contribution < 1.29 is 9.59 Å². The topological polar surface area (TPSA) is 58.9 Å². The zero-order valence-electron chi connectivity index (χ0n) is 16.3. The summed E-state index contributed by atoms with van der Waals surface area (Å²) in [6.45, 7) is 0. The first kappa shape index (κ1) is 18.6. The molecular formula is C24H20N2O3. The van der Waals surface area contributed by atoms with Gasteiger partial charge in [-0.15, -0.1) is 0 Å². The number of carbonyl (C=O) groups is 2. The number of hydrogen-bond donors (Lipinski definition) is 0. The van der Waals surface area contributed by atoms with E-state index in [2.05, 4.69) is 0 Å². The molecule has 1 amide bonds. The van der Waals surface area contributed by atoms with Crippen molar-refractivity contribution in [3.05, 3.63) is 100.0 Å². The van der Waals surface area contributed by atoms with Gasteiger partial charge in [-0.2, -0.15) is 0 Å². The van der Waals surface area contributed by atoms with E-state index in [1.54, 1.807) is 50.6 Å². The van der Waals surface area contributed by atoms with E-state index < -0.39 is 0 Å². The van der Waals surface area contributed by atoms with Gasteiger partial charge < -0.3 is 4.90 Å². The van der Waals surface area contributed by atoms with Gasteiger partial charge in [-0.3, -0.25) is 18.8 Å². The van der Waals surface area contributed by atoms with Crippen molar-refractivity contribution in [1.29, 1.82) is 0 Å². The number of hydrogen-bond acceptors (Lipinski definition) is 3. The number of amides is 1. The molecule has 0 aliphatic carbocycles. The minimum absolute atomic E-state index is 0.131. The van der Waals surface area contributed by atoms with Crippen LogP contribution in [0.3, 0.4) is 0 Å². The van der Waals surface area contributed by atoms with Crippen LogP contribution in [0.4, 0.5) is 0 Å². The van der Waals surface area contributed by atoms with Gasteiger partial charge in [0.05, 0.1) is 11.1 Å². The van der Waals surface area contributed by atoms with E-state index in [1.807, 2.05) is 36.4 Å². The smallest absolute Gasteiger partial charge is 0.259 e. The average molecular weight is 384 g/mol. The predicted molar refractivity (Wildman–Crippen MR) is 114 cm³/mol. The lowest BCUT2D eigenvalue weighted by Crippen LogP contribution is -2.30. The number of fused-ring (bicyclic) bond motifs is 3. The molecule has 0 saturated carbocycles. The molecule has 0 radical (unpaired) electrons. The molecule has 0 unspecified atom stereocenters. The van der Waals surface area contributed by atoms with Crippen molar-refractivity contribution in [3.63, 3.8) is 0 Å². The predicted octanol–water partition coefficient (Wildman–Crippen LogP) is 3.58. The Kier molecular flexibility index (Phi) is 4.72. The Labute approximate surface area is 167 Å². The van der Waals surface area contributed by atoms with Crippen LogP contribution in [0.5, 0.6) is 0 Å². The number of rotatable bonds is 4. The summed E-state index contributed by atoms with van der Waals surface area (Å²) in [5.41, 5.74) is 1.29. The number of benzene rings is 2. The Balaban J connectivity index is 1.97. The van der Waals surface area contributed by atoms with E-state index in [0.29, 0.717) is 11.1 Å². The standard InChI is InChI=1S/C24H20N2O3/c1-25(2)23(28)19-14-21-18-11-7-6-8-16(18)12-13-26(21)24(29)20(19)15-22(27)17-9-4-3-5-10-17/h3-14H,15H2,1-2H3. The third-order valence-corrected chi connectivity index (χ3v) is 5.05. The van der Waals surface area contributed by atoms with Gasteiger partial charge in [-0.25, -0.2) is 0 Å². The van der Waals surface area contributed by atoms with Crippen molar-refractivity contribution in [3.8, 4) is 0 Å². The number of aromatic nitrogens is 1. The number of Topliss-reactive ketones (excluding diaryl/α,β-unsaturated/α-hetero) is 1. The van der Waals surface area contributed by atoms with Crippen molar-refractivity contribution >= 4 is 28.0 Å². The molecule has 0 aliphatic heterocycles. The van der Waals surface area contributed by atoms with Gasteiger partial charge in [0.1, 0.15) is 0 Å². The summed E-state index contributed by atoms with van der Waals surface area (Å²) < 4.78 is 1.52. The van der Waals surface area contributed by atoms with Gasteiger partial charge in [-0.05, 0) is 17.5 Å². The van der Waals surface area contributed by atoms with Gasteiger partial charge in [-0.1, -0.05) is 54.6 Å². The fraction of sp³-hybridized carbons (Fsp3) is 0.125. The molecule has 0 bridgehead atoms. The second-order valence-electron chi connectivity index (χ2n) is 7.17. The van der Waals surface area contributed by atoms with Crippen LogP contribution in [0.2, 0.25) is 0 Å². The van der Waals surface area contributed by atoms with Gasteiger partial charge >= 0.3 is 0 Å². The average Bonchev–Trinajstić information content (AvgIpc) is 2.75. The molecule has 0 N–H and O–H groups in total. The monoisotopic (exact) mass is 384 g/mol. The summed E-state index contributed by atoms with van der Waals surface area (Å²) in [6.07, 6.45) is 1.56. The molecule has 2 aromatic carbocycles. The molecule has 0 atom stereocenters. The molecule has 0 aliphatic rings. The number of carbonyl (C=O) groups excluding carboxylic acids is 2. The zero-order valence-corrected chi connectivity index (χ0v) is 16.3. The van der Waals surface area contributed by atoms with Crippen LogP contribution in [-0.4, -0.2) is 35.1 Å². The summed E-state index contributed by atoms with van der Waals surface area (Å²) in [5, 5.41) is 1.85. The lowest BCUT2D eigenvalue weighted by molar-refractivity contribution is 0.0826. The zero-order chi connectivity index (χ0) is 20.5. The normalized spacial score (nSPS) is 11.0. The van der Waals surface area contributed by atoms with Gasteiger partial charge in [0.25, 0.3) is 11.5 Å². The lowest BCUT2D eigenvalue weighted by atomic mass is 9.98. The van der Waals surface area contributed by atoms with Crippen LogP contribution in [0.25, 0.3) is 16.3 Å². The quantitative estimate of drug-likeness (QED) is 0.399. The summed E-state index contributed by atoms with van der Waals surface area (Å²) in [5.74, 6) is -0.496. The summed E-state index contributed by atoms with van der Waals surface area (Å²) in [7, 11) is 3.27. The molecule has 0 spiro atoms. The van der Waals surface area contributed by atoms with Crippen LogP contribution >= 0.6 is 0 Å². The van der Waals surface area contributed by atoms with E-state index in [4.69, 9.17) is 0 Å². The molecular weight excluding hydrogens is 364 g/mol.